The van der Waals surface area contributed by atoms with Crippen molar-refractivity contribution in [2.45, 2.75) is 59.0 Å². The van der Waals surface area contributed by atoms with Gasteiger partial charge in [0, 0.05) is 17.9 Å². The third kappa shape index (κ3) is 6.22. The van der Waals surface area contributed by atoms with Crippen LogP contribution in [0.5, 0.6) is 0 Å². The van der Waals surface area contributed by atoms with E-state index in [4.69, 9.17) is 0 Å². The number of nitrogens with one attached hydrogen (secondary N) is 1. The Morgan fingerprint density at radius 2 is 1.57 bits per heavy atom. The molecule has 0 radical (unpaired) electrons. The predicted molar refractivity (Wildman–Crippen MR) is 115 cm³/mol. The van der Waals surface area contributed by atoms with E-state index in [1.165, 1.54) is 0 Å². The SMILES string of the molecule is CS(=O)(=O)c1cc(C(=O)N[C@H]2CC[C@](F)(S(=O)(=O)c3cccc(C(F)(F)F)c3)CC2)cc(C(F)(F)F)n1. The summed E-state index contributed by atoms with van der Waals surface area (Å²) in [4.78, 5) is 14.7. The summed E-state index contributed by atoms with van der Waals surface area (Å²) in [5, 5.41) is -1.63. The van der Waals surface area contributed by atoms with E-state index >= 15 is 4.39 Å². The molecule has 0 unspecified atom stereocenters. The van der Waals surface area contributed by atoms with Crippen LogP contribution in [-0.2, 0) is 32.0 Å². The minimum absolute atomic E-state index is 0.309. The number of hydrogen-bond acceptors (Lipinski definition) is 6. The number of nitrogens with zero attached hydrogens (tertiary/aromatic N) is 1. The molecule has 1 saturated carbocycles. The summed E-state index contributed by atoms with van der Waals surface area (Å²) < 4.78 is 143. The van der Waals surface area contributed by atoms with Crippen molar-refractivity contribution in [2.24, 2.45) is 0 Å². The molecule has 3 rings (SSSR count). The van der Waals surface area contributed by atoms with E-state index in [1.807, 2.05) is 0 Å². The fourth-order valence-corrected chi connectivity index (χ4v) is 6.09. The molecule has 0 spiro atoms. The van der Waals surface area contributed by atoms with Crippen molar-refractivity contribution in [3.05, 3.63) is 53.2 Å². The highest BCUT2D eigenvalue weighted by Gasteiger charge is 2.48. The Morgan fingerprint density at radius 1 is 0.973 bits per heavy atom. The number of sulfone groups is 2. The van der Waals surface area contributed by atoms with Gasteiger partial charge in [0.15, 0.2) is 14.9 Å². The Bertz CT molecular complexity index is 1410. The van der Waals surface area contributed by atoms with Gasteiger partial charge in [-0.15, -0.1) is 0 Å². The second-order valence-corrected chi connectivity index (χ2v) is 12.7. The molecular formula is C21H19F7N2O5S2. The van der Waals surface area contributed by atoms with Crippen molar-refractivity contribution < 1.29 is 52.4 Å². The van der Waals surface area contributed by atoms with Crippen LogP contribution in [0.4, 0.5) is 30.7 Å². The molecule has 2 aromatic rings. The molecule has 1 aliphatic rings. The molecule has 1 aliphatic carbocycles. The van der Waals surface area contributed by atoms with Gasteiger partial charge >= 0.3 is 12.4 Å². The average Bonchev–Trinajstić information content (AvgIpc) is 2.78. The zero-order valence-corrected chi connectivity index (χ0v) is 20.5. The van der Waals surface area contributed by atoms with E-state index in [9.17, 15) is 48.0 Å². The number of carbonyl (C=O) groups excluding carboxylic acids is 1. The summed E-state index contributed by atoms with van der Waals surface area (Å²) in [6.07, 6.45) is -11.4. The van der Waals surface area contributed by atoms with Crippen LogP contribution in [0.2, 0.25) is 0 Å². The van der Waals surface area contributed by atoms with Gasteiger partial charge in [0.05, 0.1) is 10.5 Å². The lowest BCUT2D eigenvalue weighted by Crippen LogP contribution is -2.45. The Hall–Kier alpha value is -2.75. The maximum absolute atomic E-state index is 15.5. The summed E-state index contributed by atoms with van der Waals surface area (Å²) in [5.74, 6) is -1.13. The maximum atomic E-state index is 15.5. The highest BCUT2D eigenvalue weighted by atomic mass is 32.2. The van der Waals surface area contributed by atoms with Gasteiger partial charge in [-0.2, -0.15) is 26.3 Å². The third-order valence-corrected chi connectivity index (χ3v) is 8.97. The molecule has 1 N–H and O–H groups in total. The van der Waals surface area contributed by atoms with E-state index < -0.39 is 88.6 Å². The molecule has 7 nitrogen and oxygen atoms in total. The van der Waals surface area contributed by atoms with Gasteiger partial charge in [0.1, 0.15) is 5.69 Å². The minimum Gasteiger partial charge on any atom is -0.349 e. The van der Waals surface area contributed by atoms with Crippen LogP contribution < -0.4 is 5.32 Å². The van der Waals surface area contributed by atoms with Crippen LogP contribution in [0.15, 0.2) is 46.3 Å². The highest BCUT2D eigenvalue weighted by molar-refractivity contribution is 7.92. The van der Waals surface area contributed by atoms with Gasteiger partial charge < -0.3 is 5.32 Å². The molecule has 1 aromatic heterocycles. The molecule has 1 fully saturated rings. The number of alkyl halides is 7. The number of pyridine rings is 1. The summed E-state index contributed by atoms with van der Waals surface area (Å²) in [5.41, 5.74) is -3.59. The average molecular weight is 577 g/mol. The van der Waals surface area contributed by atoms with Crippen molar-refractivity contribution in [2.75, 3.05) is 6.26 Å². The van der Waals surface area contributed by atoms with Crippen LogP contribution in [0, 0.1) is 0 Å². The largest absolute Gasteiger partial charge is 0.433 e. The Kier molecular flexibility index (Phi) is 7.42. The first-order valence-corrected chi connectivity index (χ1v) is 13.8. The molecule has 0 atom stereocenters. The topological polar surface area (TPSA) is 110 Å². The van der Waals surface area contributed by atoms with Crippen molar-refractivity contribution in [3.8, 4) is 0 Å². The second-order valence-electron chi connectivity index (χ2n) is 8.51. The standard InChI is InChI=1S/C21H19F7N2O5S2/c1-36(32,33)17-10-12(9-16(30-17)21(26,27)28)18(31)29-14-5-7-19(22,8-6-14)37(34,35)15-4-2-3-13(11-15)20(23,24)25/h2-4,9-11,14H,5-8H2,1H3,(H,29,31)/t14-,19-. The lowest BCUT2D eigenvalue weighted by atomic mass is 9.93. The van der Waals surface area contributed by atoms with Gasteiger partial charge in [-0.1, -0.05) is 6.07 Å². The molecule has 0 saturated heterocycles. The number of benzene rings is 1. The van der Waals surface area contributed by atoms with Crippen LogP contribution in [-0.4, -0.2) is 45.0 Å². The van der Waals surface area contributed by atoms with E-state index in [-0.39, 0.29) is 12.8 Å². The zero-order valence-electron chi connectivity index (χ0n) is 18.8. The van der Waals surface area contributed by atoms with Crippen LogP contribution in [0.25, 0.3) is 0 Å². The Labute approximate surface area is 206 Å². The van der Waals surface area contributed by atoms with E-state index in [0.29, 0.717) is 30.5 Å². The van der Waals surface area contributed by atoms with Gasteiger partial charge in [-0.3, -0.25) is 4.79 Å². The predicted octanol–water partition coefficient (Wildman–Crippen LogP) is 4.33. The lowest BCUT2D eigenvalue weighted by molar-refractivity contribution is -0.141. The molecule has 0 aliphatic heterocycles. The van der Waals surface area contributed by atoms with Gasteiger partial charge in [0.25, 0.3) is 5.91 Å². The normalized spacial score (nSPS) is 21.5. The summed E-state index contributed by atoms with van der Waals surface area (Å²) in [6, 6.07) is 2.70. The van der Waals surface area contributed by atoms with E-state index in [0.717, 1.165) is 12.1 Å². The zero-order chi connectivity index (χ0) is 28.0. The molecule has 1 amide bonds. The number of rotatable bonds is 5. The fourth-order valence-electron chi connectivity index (χ4n) is 3.75. The first kappa shape index (κ1) is 28.8. The summed E-state index contributed by atoms with van der Waals surface area (Å²) >= 11 is 0. The Morgan fingerprint density at radius 3 is 2.08 bits per heavy atom. The first-order chi connectivity index (χ1) is 16.7. The molecule has 1 aromatic carbocycles. The van der Waals surface area contributed by atoms with E-state index in [2.05, 4.69) is 10.3 Å². The number of carbonyl (C=O) groups is 1. The van der Waals surface area contributed by atoms with Crippen molar-refractivity contribution >= 4 is 25.6 Å². The van der Waals surface area contributed by atoms with Crippen molar-refractivity contribution in [3.63, 3.8) is 0 Å². The Balaban J connectivity index is 1.78. The number of aromatic nitrogens is 1. The van der Waals surface area contributed by atoms with Crippen molar-refractivity contribution in [1.29, 1.82) is 0 Å². The smallest absolute Gasteiger partial charge is 0.349 e. The van der Waals surface area contributed by atoms with Crippen molar-refractivity contribution in [1.82, 2.24) is 10.3 Å². The molecule has 37 heavy (non-hydrogen) atoms. The van der Waals surface area contributed by atoms with Crippen LogP contribution in [0.3, 0.4) is 0 Å². The highest BCUT2D eigenvalue weighted by Crippen LogP contribution is 2.41. The lowest BCUT2D eigenvalue weighted by Gasteiger charge is -2.34. The molecule has 16 heteroatoms. The van der Waals surface area contributed by atoms with E-state index in [1.54, 1.807) is 0 Å². The molecule has 0 bridgehead atoms. The monoisotopic (exact) mass is 576 g/mol. The number of halogens is 7. The quantitative estimate of drug-likeness (QED) is 0.531. The molecule has 1 heterocycles. The van der Waals surface area contributed by atoms with Gasteiger partial charge in [-0.05, 0) is 56.0 Å². The molecule has 204 valence electrons. The van der Waals surface area contributed by atoms with Crippen LogP contribution in [0.1, 0.15) is 47.3 Å². The third-order valence-electron chi connectivity index (χ3n) is 5.76. The summed E-state index contributed by atoms with van der Waals surface area (Å²) in [6.45, 7) is 0. The second kappa shape index (κ2) is 9.53. The minimum atomic E-state index is -5.06. The maximum Gasteiger partial charge on any atom is 0.433 e. The van der Waals surface area contributed by atoms with Crippen LogP contribution >= 0.6 is 0 Å². The van der Waals surface area contributed by atoms with Gasteiger partial charge in [0.2, 0.25) is 14.8 Å². The fraction of sp³-hybridized carbons (Fsp3) is 0.429. The number of hydrogen-bond donors (Lipinski definition) is 1. The first-order valence-electron chi connectivity index (χ1n) is 10.4. The molecular weight excluding hydrogens is 557 g/mol. The summed E-state index contributed by atoms with van der Waals surface area (Å²) in [7, 11) is -9.09. The van der Waals surface area contributed by atoms with Gasteiger partial charge in [-0.25, -0.2) is 26.2 Å². The number of amides is 1.